The molecule has 68 valence electrons. The fourth-order valence-corrected chi connectivity index (χ4v) is 2.31. The van der Waals surface area contributed by atoms with Crippen molar-refractivity contribution in [3.05, 3.63) is 28.5 Å². The predicted octanol–water partition coefficient (Wildman–Crippen LogP) is 3.27. The van der Waals surface area contributed by atoms with Gasteiger partial charge in [0, 0.05) is 6.42 Å². The number of allylic oxidation sites excluding steroid dienone is 2. The molecule has 1 aliphatic rings. The normalized spacial score (nSPS) is 18.2. The van der Waals surface area contributed by atoms with Gasteiger partial charge in [-0.05, 0) is 53.3 Å². The van der Waals surface area contributed by atoms with E-state index in [1.165, 1.54) is 11.1 Å². The summed E-state index contributed by atoms with van der Waals surface area (Å²) < 4.78 is 0. The lowest BCUT2D eigenvalue weighted by Gasteiger charge is -1.99. The number of ketones is 1. The Balaban J connectivity index is 2.26. The van der Waals surface area contributed by atoms with Crippen molar-refractivity contribution in [2.45, 2.75) is 25.7 Å². The topological polar surface area (TPSA) is 17.1 Å². The van der Waals surface area contributed by atoms with Crippen LogP contribution in [0.2, 0.25) is 0 Å². The van der Waals surface area contributed by atoms with Gasteiger partial charge >= 0.3 is 0 Å². The Labute approximate surface area is 82.1 Å². The highest BCUT2D eigenvalue weighted by molar-refractivity contribution is 7.08. The maximum absolute atomic E-state index is 11.3. The Morgan fingerprint density at radius 2 is 2.08 bits per heavy atom. The molecule has 1 nitrogen and oxygen atoms in total. The first-order valence-electron chi connectivity index (χ1n) is 4.62. The smallest absolute Gasteiger partial charge is 0.155 e. The van der Waals surface area contributed by atoms with Crippen LogP contribution >= 0.6 is 11.3 Å². The van der Waals surface area contributed by atoms with E-state index >= 15 is 0 Å². The van der Waals surface area contributed by atoms with E-state index in [9.17, 15) is 4.79 Å². The maximum atomic E-state index is 11.3. The van der Waals surface area contributed by atoms with Crippen molar-refractivity contribution in [2.75, 3.05) is 0 Å². The molecule has 0 unspecified atom stereocenters. The third kappa shape index (κ3) is 2.07. The Morgan fingerprint density at radius 3 is 2.85 bits per heavy atom. The summed E-state index contributed by atoms with van der Waals surface area (Å²) in [7, 11) is 0. The third-order valence-electron chi connectivity index (χ3n) is 2.35. The van der Waals surface area contributed by atoms with Crippen LogP contribution < -0.4 is 0 Å². The number of carbonyl (C=O) groups excluding carboxylic acids is 1. The molecule has 2 heteroatoms. The van der Waals surface area contributed by atoms with Gasteiger partial charge in [-0.3, -0.25) is 4.79 Å². The molecular weight excluding hydrogens is 180 g/mol. The highest BCUT2D eigenvalue weighted by atomic mass is 32.1. The zero-order valence-electron chi connectivity index (χ0n) is 7.45. The van der Waals surface area contributed by atoms with Crippen LogP contribution in [0.1, 0.15) is 31.2 Å². The second-order valence-corrected chi connectivity index (χ2v) is 4.14. The molecule has 1 aromatic rings. The minimum atomic E-state index is 0.290. The van der Waals surface area contributed by atoms with Crippen molar-refractivity contribution in [1.29, 1.82) is 0 Å². The van der Waals surface area contributed by atoms with Crippen molar-refractivity contribution >= 4 is 22.7 Å². The highest BCUT2D eigenvalue weighted by Crippen LogP contribution is 2.25. The monoisotopic (exact) mass is 192 g/mol. The van der Waals surface area contributed by atoms with Crippen molar-refractivity contribution in [2.24, 2.45) is 0 Å². The summed E-state index contributed by atoms with van der Waals surface area (Å²) in [6.07, 6.45) is 5.81. The first-order valence-corrected chi connectivity index (χ1v) is 5.56. The van der Waals surface area contributed by atoms with E-state index in [4.69, 9.17) is 0 Å². The zero-order chi connectivity index (χ0) is 9.10. The Morgan fingerprint density at radius 1 is 1.23 bits per heavy atom. The van der Waals surface area contributed by atoms with E-state index in [0.29, 0.717) is 5.78 Å². The molecule has 2 rings (SSSR count). The largest absolute Gasteiger partial charge is 0.295 e. The molecule has 1 aliphatic carbocycles. The fourth-order valence-electron chi connectivity index (χ4n) is 1.63. The average molecular weight is 192 g/mol. The lowest BCUT2D eigenvalue weighted by Crippen LogP contribution is -1.89. The van der Waals surface area contributed by atoms with Crippen LogP contribution in [0.5, 0.6) is 0 Å². The average Bonchev–Trinajstić information content (AvgIpc) is 2.56. The summed E-state index contributed by atoms with van der Waals surface area (Å²) in [5, 5.41) is 4.18. The van der Waals surface area contributed by atoms with Gasteiger partial charge in [-0.25, -0.2) is 0 Å². The van der Waals surface area contributed by atoms with Crippen molar-refractivity contribution in [3.63, 3.8) is 0 Å². The van der Waals surface area contributed by atoms with Gasteiger partial charge in [0.1, 0.15) is 0 Å². The minimum Gasteiger partial charge on any atom is -0.295 e. The number of rotatable bonds is 1. The number of carbonyl (C=O) groups is 1. The molecule has 1 heterocycles. The molecule has 0 atom stereocenters. The van der Waals surface area contributed by atoms with E-state index in [1.54, 1.807) is 11.3 Å². The molecule has 0 radical (unpaired) electrons. The summed E-state index contributed by atoms with van der Waals surface area (Å²) in [5.74, 6) is 0.290. The van der Waals surface area contributed by atoms with E-state index in [1.807, 2.05) is 6.08 Å². The standard InChI is InChI=1S/C11H12OS/c12-11-4-2-1-3-9(7-11)10-5-6-13-8-10/h5-8H,1-4H2. The van der Waals surface area contributed by atoms with Gasteiger partial charge in [0.2, 0.25) is 0 Å². The van der Waals surface area contributed by atoms with Crippen LogP contribution in [0.15, 0.2) is 22.9 Å². The molecular formula is C11H12OS. The van der Waals surface area contributed by atoms with Crippen LogP contribution in [-0.4, -0.2) is 5.78 Å². The highest BCUT2D eigenvalue weighted by Gasteiger charge is 2.09. The third-order valence-corrected chi connectivity index (χ3v) is 3.03. The van der Waals surface area contributed by atoms with Crippen LogP contribution in [-0.2, 0) is 4.79 Å². The first kappa shape index (κ1) is 8.70. The molecule has 0 N–H and O–H groups in total. The predicted molar refractivity (Wildman–Crippen MR) is 55.8 cm³/mol. The van der Waals surface area contributed by atoms with E-state index in [-0.39, 0.29) is 0 Å². The molecule has 0 bridgehead atoms. The molecule has 1 aromatic heterocycles. The molecule has 0 saturated heterocycles. The molecule has 0 fully saturated rings. The van der Waals surface area contributed by atoms with Gasteiger partial charge in [-0.15, -0.1) is 0 Å². The van der Waals surface area contributed by atoms with E-state index < -0.39 is 0 Å². The lowest BCUT2D eigenvalue weighted by atomic mass is 10.1. The van der Waals surface area contributed by atoms with Gasteiger partial charge in [-0.2, -0.15) is 11.3 Å². The van der Waals surface area contributed by atoms with Crippen LogP contribution in [0.25, 0.3) is 5.57 Å². The Hall–Kier alpha value is -0.890. The number of thiophene rings is 1. The SMILES string of the molecule is O=C1C=C(c2ccsc2)CCCC1. The molecule has 0 aromatic carbocycles. The van der Waals surface area contributed by atoms with Crippen molar-refractivity contribution in [3.8, 4) is 0 Å². The van der Waals surface area contributed by atoms with Crippen molar-refractivity contribution < 1.29 is 4.79 Å². The summed E-state index contributed by atoms with van der Waals surface area (Å²) >= 11 is 1.69. The van der Waals surface area contributed by atoms with Crippen molar-refractivity contribution in [1.82, 2.24) is 0 Å². The van der Waals surface area contributed by atoms with Gasteiger partial charge in [0.25, 0.3) is 0 Å². The summed E-state index contributed by atoms with van der Waals surface area (Å²) in [6, 6.07) is 2.09. The lowest BCUT2D eigenvalue weighted by molar-refractivity contribution is -0.114. The zero-order valence-corrected chi connectivity index (χ0v) is 8.27. The van der Waals surface area contributed by atoms with Crippen LogP contribution in [0, 0.1) is 0 Å². The van der Waals surface area contributed by atoms with Gasteiger partial charge in [0.15, 0.2) is 5.78 Å². The minimum absolute atomic E-state index is 0.290. The first-order chi connectivity index (χ1) is 6.36. The summed E-state index contributed by atoms with van der Waals surface area (Å²) in [5.41, 5.74) is 2.46. The second-order valence-electron chi connectivity index (χ2n) is 3.36. The molecule has 0 aliphatic heterocycles. The van der Waals surface area contributed by atoms with Crippen LogP contribution in [0.3, 0.4) is 0 Å². The molecule has 13 heavy (non-hydrogen) atoms. The summed E-state index contributed by atoms with van der Waals surface area (Å²) in [4.78, 5) is 11.3. The van der Waals surface area contributed by atoms with Crippen LogP contribution in [0.4, 0.5) is 0 Å². The molecule has 0 saturated carbocycles. The quantitative estimate of drug-likeness (QED) is 0.667. The maximum Gasteiger partial charge on any atom is 0.155 e. The van der Waals surface area contributed by atoms with Gasteiger partial charge < -0.3 is 0 Å². The summed E-state index contributed by atoms with van der Waals surface area (Å²) in [6.45, 7) is 0. The van der Waals surface area contributed by atoms with E-state index in [0.717, 1.165) is 25.7 Å². The van der Waals surface area contributed by atoms with Gasteiger partial charge in [0.05, 0.1) is 0 Å². The molecule has 0 amide bonds. The van der Waals surface area contributed by atoms with Gasteiger partial charge in [-0.1, -0.05) is 0 Å². The molecule has 0 spiro atoms. The van der Waals surface area contributed by atoms with E-state index in [2.05, 4.69) is 16.8 Å². The number of hydrogen-bond acceptors (Lipinski definition) is 2. The number of hydrogen-bond donors (Lipinski definition) is 0. The Bertz CT molecular complexity index is 322. The Kier molecular flexibility index (Phi) is 2.60. The fraction of sp³-hybridized carbons (Fsp3) is 0.364. The second kappa shape index (κ2) is 3.88.